The van der Waals surface area contributed by atoms with Crippen LogP contribution in [0.15, 0.2) is 0 Å². The monoisotopic (exact) mass is 266 g/mol. The Morgan fingerprint density at radius 2 is 2.00 bits per heavy atom. The highest BCUT2D eigenvalue weighted by atomic mass is 16.5. The van der Waals surface area contributed by atoms with Crippen molar-refractivity contribution in [3.8, 4) is 0 Å². The summed E-state index contributed by atoms with van der Waals surface area (Å²) in [5, 5.41) is 0. The van der Waals surface area contributed by atoms with E-state index in [-0.39, 0.29) is 12.0 Å². The number of nitrogens with two attached hydrogens (primary N) is 1. The summed E-state index contributed by atoms with van der Waals surface area (Å²) >= 11 is 0. The molecule has 2 unspecified atom stereocenters. The lowest BCUT2D eigenvalue weighted by Gasteiger charge is -2.45. The fraction of sp³-hybridized carbons (Fsp3) is 0.933. The van der Waals surface area contributed by atoms with E-state index < -0.39 is 0 Å². The second kappa shape index (κ2) is 5.41. The highest BCUT2D eigenvalue weighted by molar-refractivity contribution is 5.79. The zero-order valence-electron chi connectivity index (χ0n) is 11.8. The molecule has 0 bridgehead atoms. The molecule has 4 heteroatoms. The van der Waals surface area contributed by atoms with Gasteiger partial charge in [-0.1, -0.05) is 0 Å². The Bertz CT molecular complexity index is 334. The Labute approximate surface area is 115 Å². The molecule has 2 heterocycles. The molecule has 108 valence electrons. The zero-order chi connectivity index (χ0) is 13.3. The maximum atomic E-state index is 12.6. The van der Waals surface area contributed by atoms with Crippen LogP contribution in [0.3, 0.4) is 0 Å². The Morgan fingerprint density at radius 3 is 2.68 bits per heavy atom. The van der Waals surface area contributed by atoms with Crippen molar-refractivity contribution in [2.45, 2.75) is 51.0 Å². The van der Waals surface area contributed by atoms with Crippen molar-refractivity contribution in [3.05, 3.63) is 0 Å². The molecule has 1 amide bonds. The van der Waals surface area contributed by atoms with Crippen LogP contribution in [0.5, 0.6) is 0 Å². The number of ether oxygens (including phenoxy) is 1. The number of amides is 1. The van der Waals surface area contributed by atoms with Gasteiger partial charge in [-0.25, -0.2) is 0 Å². The van der Waals surface area contributed by atoms with Crippen LogP contribution >= 0.6 is 0 Å². The van der Waals surface area contributed by atoms with Crippen LogP contribution < -0.4 is 5.73 Å². The molecule has 19 heavy (non-hydrogen) atoms. The molecular weight excluding hydrogens is 240 g/mol. The third kappa shape index (κ3) is 2.79. The van der Waals surface area contributed by atoms with Gasteiger partial charge in [0.05, 0.1) is 0 Å². The van der Waals surface area contributed by atoms with Crippen LogP contribution in [0, 0.1) is 11.3 Å². The summed E-state index contributed by atoms with van der Waals surface area (Å²) in [7, 11) is 0. The van der Waals surface area contributed by atoms with Crippen LogP contribution in [0.1, 0.15) is 44.9 Å². The number of nitrogens with zero attached hydrogens (tertiary/aromatic N) is 1. The summed E-state index contributed by atoms with van der Waals surface area (Å²) in [6, 6.07) is 0.246. The van der Waals surface area contributed by atoms with Gasteiger partial charge in [0, 0.05) is 38.3 Å². The van der Waals surface area contributed by atoms with Gasteiger partial charge in [-0.15, -0.1) is 0 Å². The van der Waals surface area contributed by atoms with E-state index in [1.807, 2.05) is 0 Å². The number of likely N-dealkylation sites (tertiary alicyclic amines) is 1. The molecule has 2 saturated heterocycles. The first-order valence-electron chi connectivity index (χ1n) is 7.81. The molecule has 1 spiro atoms. The first-order chi connectivity index (χ1) is 9.19. The molecule has 3 aliphatic rings. The topological polar surface area (TPSA) is 55.6 Å². The minimum Gasteiger partial charge on any atom is -0.381 e. The third-order valence-electron chi connectivity index (χ3n) is 5.35. The van der Waals surface area contributed by atoms with E-state index >= 15 is 0 Å². The van der Waals surface area contributed by atoms with Gasteiger partial charge in [-0.05, 0) is 50.4 Å². The van der Waals surface area contributed by atoms with Gasteiger partial charge in [0.2, 0.25) is 5.91 Å². The second-order valence-corrected chi connectivity index (χ2v) is 6.75. The molecule has 3 fully saturated rings. The summed E-state index contributed by atoms with van der Waals surface area (Å²) in [6.07, 6.45) is 7.58. The zero-order valence-corrected chi connectivity index (χ0v) is 11.8. The average Bonchev–Trinajstić information content (AvgIpc) is 2.85. The van der Waals surface area contributed by atoms with Crippen molar-refractivity contribution < 1.29 is 9.53 Å². The fourth-order valence-corrected chi connectivity index (χ4v) is 4.11. The van der Waals surface area contributed by atoms with E-state index in [2.05, 4.69) is 4.90 Å². The van der Waals surface area contributed by atoms with Gasteiger partial charge in [0.1, 0.15) is 0 Å². The lowest BCUT2D eigenvalue weighted by atomic mass is 9.73. The Balaban J connectivity index is 1.62. The van der Waals surface area contributed by atoms with Crippen LogP contribution in [0.2, 0.25) is 0 Å². The molecular formula is C15H26N2O2. The minimum atomic E-state index is 0.199. The van der Waals surface area contributed by atoms with Gasteiger partial charge in [-0.2, -0.15) is 0 Å². The molecule has 2 aliphatic heterocycles. The van der Waals surface area contributed by atoms with E-state index in [4.69, 9.17) is 10.5 Å². The SMILES string of the molecule is NC1CCC(C(=O)N2CCCC3(CCOCC3)C2)C1. The number of rotatable bonds is 1. The number of hydrogen-bond donors (Lipinski definition) is 1. The fourth-order valence-electron chi connectivity index (χ4n) is 4.11. The Kier molecular flexibility index (Phi) is 3.81. The first-order valence-corrected chi connectivity index (χ1v) is 7.81. The van der Waals surface area contributed by atoms with Gasteiger partial charge in [0.15, 0.2) is 0 Å². The lowest BCUT2D eigenvalue weighted by Crippen LogP contribution is -2.49. The highest BCUT2D eigenvalue weighted by Gasteiger charge is 2.40. The van der Waals surface area contributed by atoms with Crippen molar-refractivity contribution in [1.29, 1.82) is 0 Å². The standard InChI is InChI=1S/C15H26N2O2/c16-13-3-2-12(10-13)14(18)17-7-1-4-15(11-17)5-8-19-9-6-15/h12-13H,1-11,16H2. The molecule has 0 radical (unpaired) electrons. The van der Waals surface area contributed by atoms with Crippen LogP contribution in [-0.4, -0.2) is 43.2 Å². The van der Waals surface area contributed by atoms with Crippen LogP contribution in [0.25, 0.3) is 0 Å². The largest absolute Gasteiger partial charge is 0.381 e. The minimum absolute atomic E-state index is 0.199. The number of piperidine rings is 1. The van der Waals surface area contributed by atoms with Crippen molar-refractivity contribution >= 4 is 5.91 Å². The predicted molar refractivity (Wildman–Crippen MR) is 73.6 cm³/mol. The van der Waals surface area contributed by atoms with Crippen LogP contribution in [-0.2, 0) is 9.53 Å². The average molecular weight is 266 g/mol. The summed E-state index contributed by atoms with van der Waals surface area (Å²) in [5.41, 5.74) is 6.30. The maximum Gasteiger partial charge on any atom is 0.225 e. The van der Waals surface area contributed by atoms with E-state index in [1.165, 1.54) is 6.42 Å². The second-order valence-electron chi connectivity index (χ2n) is 6.75. The normalized spacial score (nSPS) is 34.7. The van der Waals surface area contributed by atoms with Gasteiger partial charge >= 0.3 is 0 Å². The van der Waals surface area contributed by atoms with E-state index in [9.17, 15) is 4.79 Å². The summed E-state index contributed by atoms with van der Waals surface area (Å²) < 4.78 is 5.49. The summed E-state index contributed by atoms with van der Waals surface area (Å²) in [6.45, 7) is 3.65. The Hall–Kier alpha value is -0.610. The van der Waals surface area contributed by atoms with Gasteiger partial charge < -0.3 is 15.4 Å². The van der Waals surface area contributed by atoms with Crippen molar-refractivity contribution in [2.24, 2.45) is 17.1 Å². The van der Waals surface area contributed by atoms with Crippen molar-refractivity contribution in [2.75, 3.05) is 26.3 Å². The summed E-state index contributed by atoms with van der Waals surface area (Å²) in [4.78, 5) is 14.7. The molecule has 0 aromatic rings. The number of carbonyl (C=O) groups excluding carboxylic acids is 1. The van der Waals surface area contributed by atoms with Crippen LogP contribution in [0.4, 0.5) is 0 Å². The van der Waals surface area contributed by atoms with Crippen molar-refractivity contribution in [1.82, 2.24) is 4.90 Å². The lowest BCUT2D eigenvalue weighted by molar-refractivity contribution is -0.141. The van der Waals surface area contributed by atoms with Gasteiger partial charge in [-0.3, -0.25) is 4.79 Å². The third-order valence-corrected chi connectivity index (χ3v) is 5.35. The quantitative estimate of drug-likeness (QED) is 0.783. The first kappa shape index (κ1) is 13.4. The smallest absolute Gasteiger partial charge is 0.225 e. The molecule has 4 nitrogen and oxygen atoms in total. The Morgan fingerprint density at radius 1 is 1.21 bits per heavy atom. The highest BCUT2D eigenvalue weighted by Crippen LogP contribution is 2.40. The predicted octanol–water partition coefficient (Wildman–Crippen LogP) is 1.53. The van der Waals surface area contributed by atoms with E-state index in [0.717, 1.165) is 64.8 Å². The maximum absolute atomic E-state index is 12.6. The molecule has 1 aliphatic carbocycles. The molecule has 3 rings (SSSR count). The molecule has 0 aromatic heterocycles. The van der Waals surface area contributed by atoms with Crippen molar-refractivity contribution in [3.63, 3.8) is 0 Å². The number of hydrogen-bond acceptors (Lipinski definition) is 3. The van der Waals surface area contributed by atoms with E-state index in [1.54, 1.807) is 0 Å². The molecule has 2 N–H and O–H groups in total. The van der Waals surface area contributed by atoms with Gasteiger partial charge in [0.25, 0.3) is 0 Å². The molecule has 0 aromatic carbocycles. The van der Waals surface area contributed by atoms with E-state index in [0.29, 0.717) is 11.3 Å². The molecule has 2 atom stereocenters. The number of carbonyl (C=O) groups is 1. The molecule has 1 saturated carbocycles. The summed E-state index contributed by atoms with van der Waals surface area (Å²) in [5.74, 6) is 0.573.